The number of benzene rings is 5. The van der Waals surface area contributed by atoms with Crippen molar-refractivity contribution in [2.24, 2.45) is 0 Å². The lowest BCUT2D eigenvalue weighted by Gasteiger charge is -2.36. The molecule has 3 heterocycles. The second-order valence-corrected chi connectivity index (χ2v) is 15.5. The van der Waals surface area contributed by atoms with Crippen molar-refractivity contribution in [2.75, 3.05) is 11.9 Å². The van der Waals surface area contributed by atoms with E-state index in [1.54, 1.807) is 67.0 Å². The van der Waals surface area contributed by atoms with Gasteiger partial charge in [0.2, 0.25) is 17.8 Å². The molecule has 12 nitrogen and oxygen atoms in total. The Bertz CT molecular complexity index is 2750. The molecule has 5 aromatic carbocycles. The van der Waals surface area contributed by atoms with E-state index in [9.17, 15) is 19.5 Å². The lowest BCUT2D eigenvalue weighted by molar-refractivity contribution is -0.142. The molecule has 0 saturated carbocycles. The van der Waals surface area contributed by atoms with Gasteiger partial charge in [-0.1, -0.05) is 83.7 Å². The van der Waals surface area contributed by atoms with Crippen molar-refractivity contribution in [2.45, 2.75) is 44.2 Å². The Morgan fingerprint density at radius 2 is 1.63 bits per heavy atom. The molecule has 0 saturated heterocycles. The number of carbonyl (C=O) groups excluding carboxylic acids is 2. The molecular weight excluding hydrogens is 827 g/mol. The molecule has 3 N–H and O–H groups in total. The van der Waals surface area contributed by atoms with Crippen molar-refractivity contribution in [1.29, 1.82) is 5.26 Å². The number of carbonyl (C=O) groups is 3. The monoisotopic (exact) mass is 862 g/mol. The lowest BCUT2D eigenvalue weighted by atomic mass is 9.91. The van der Waals surface area contributed by atoms with Crippen LogP contribution in [0.1, 0.15) is 45.3 Å². The third-order valence-corrected chi connectivity index (χ3v) is 11.3. The van der Waals surface area contributed by atoms with Crippen molar-refractivity contribution >= 4 is 46.7 Å². The molecule has 1 aromatic heterocycles. The number of nitrogens with one attached hydrogen (secondary N) is 2. The molecule has 2 aliphatic rings. The van der Waals surface area contributed by atoms with Gasteiger partial charge in [-0.25, -0.2) is 14.8 Å². The van der Waals surface area contributed by atoms with E-state index in [2.05, 4.69) is 38.5 Å². The largest absolute Gasteiger partial charge is 0.489 e. The van der Waals surface area contributed by atoms with E-state index in [0.29, 0.717) is 44.2 Å². The van der Waals surface area contributed by atoms with Crippen LogP contribution in [-0.2, 0) is 40.4 Å². The second kappa shape index (κ2) is 18.6. The summed E-state index contributed by atoms with van der Waals surface area (Å²) in [6, 6.07) is 32.4. The first-order valence-electron chi connectivity index (χ1n) is 19.5. The van der Waals surface area contributed by atoms with Crippen LogP contribution >= 0.6 is 23.2 Å². The van der Waals surface area contributed by atoms with Crippen molar-refractivity contribution in [1.82, 2.24) is 20.2 Å². The Morgan fingerprint density at radius 3 is 2.32 bits per heavy atom. The van der Waals surface area contributed by atoms with Crippen LogP contribution in [0, 0.1) is 23.2 Å². The number of anilines is 1. The predicted octanol–water partition coefficient (Wildman–Crippen LogP) is 7.56. The summed E-state index contributed by atoms with van der Waals surface area (Å²) in [6.45, 7) is 0.714. The van der Waals surface area contributed by atoms with Gasteiger partial charge in [0.25, 0.3) is 5.91 Å². The zero-order valence-electron chi connectivity index (χ0n) is 32.8. The molecule has 2 aliphatic heterocycles. The van der Waals surface area contributed by atoms with E-state index in [4.69, 9.17) is 37.9 Å². The van der Waals surface area contributed by atoms with Gasteiger partial charge in [-0.2, -0.15) is 5.26 Å². The van der Waals surface area contributed by atoms with Gasteiger partial charge in [-0.05, 0) is 100 Å². The average molecular weight is 864 g/mol. The number of aliphatic carboxylic acids is 1. The fourth-order valence-corrected chi connectivity index (χ4v) is 7.60. The fourth-order valence-electron chi connectivity index (χ4n) is 7.28. The highest BCUT2D eigenvalue weighted by Crippen LogP contribution is 2.40. The summed E-state index contributed by atoms with van der Waals surface area (Å²) in [5.74, 6) is 5.41. The molecule has 2 amide bonds. The average Bonchev–Trinajstić information content (AvgIpc) is 3.29. The zero-order chi connectivity index (χ0) is 43.2. The molecule has 0 radical (unpaired) electrons. The second-order valence-electron chi connectivity index (χ2n) is 14.7. The van der Waals surface area contributed by atoms with Crippen LogP contribution in [0.4, 0.5) is 5.69 Å². The van der Waals surface area contributed by atoms with Crippen LogP contribution in [0.5, 0.6) is 11.5 Å². The van der Waals surface area contributed by atoms with Crippen LogP contribution in [0.15, 0.2) is 122 Å². The maximum absolute atomic E-state index is 14.1. The van der Waals surface area contributed by atoms with Crippen LogP contribution in [0.2, 0.25) is 10.0 Å². The summed E-state index contributed by atoms with van der Waals surface area (Å²) >= 11 is 12.2. The molecule has 308 valence electrons. The maximum Gasteiger partial charge on any atom is 0.326 e. The summed E-state index contributed by atoms with van der Waals surface area (Å²) in [6.07, 6.45) is 2.52. The summed E-state index contributed by atoms with van der Waals surface area (Å²) in [7, 11) is 0. The lowest BCUT2D eigenvalue weighted by Crippen LogP contribution is -2.54. The first kappa shape index (κ1) is 41.5. The van der Waals surface area contributed by atoms with E-state index in [1.807, 2.05) is 59.5 Å². The van der Waals surface area contributed by atoms with Gasteiger partial charge in [-0.15, -0.1) is 0 Å². The van der Waals surface area contributed by atoms with Gasteiger partial charge in [0.1, 0.15) is 24.1 Å². The molecule has 1 unspecified atom stereocenters. The topological polar surface area (TPSA) is 167 Å². The molecule has 0 spiro atoms. The number of hydrogen-bond donors (Lipinski definition) is 3. The Balaban J connectivity index is 0.980. The van der Waals surface area contributed by atoms with Crippen molar-refractivity contribution in [3.8, 4) is 40.5 Å². The standard InChI is InChI=1S/C48H36Cl2N6O6/c49-38-17-8-31(21-39(38)50)28-61-37-15-13-34(14-16-37)45-47(58)54-40-23-35-24-42(56(27-36(35)25-43(40)62-45)20-1-3-44-52-18-2-19-53-44)46(57)55-41(48(59)60)22-29-4-9-32(10-5-29)33-11-6-30(26-51)7-12-33/h2,4-19,21,23,25,41-42,45H,20,22,24,27-28H2,(H,54,58)(H,55,57)(H,59,60)/t41-,42?,45-/m0/s1. The minimum atomic E-state index is -1.22. The molecule has 14 heteroatoms. The van der Waals surface area contributed by atoms with E-state index in [1.165, 1.54) is 0 Å². The van der Waals surface area contributed by atoms with Crippen molar-refractivity contribution in [3.63, 3.8) is 0 Å². The quantitative estimate of drug-likeness (QED) is 0.111. The van der Waals surface area contributed by atoms with E-state index >= 15 is 0 Å². The maximum atomic E-state index is 14.1. The van der Waals surface area contributed by atoms with Crippen LogP contribution in [0.3, 0.4) is 0 Å². The van der Waals surface area contributed by atoms with Gasteiger partial charge < -0.3 is 25.2 Å². The molecule has 0 fully saturated rings. The minimum Gasteiger partial charge on any atom is -0.489 e. The number of ether oxygens (including phenoxy) is 2. The SMILES string of the molecule is N#Cc1ccc(-c2ccc(C[C@H](NC(=O)C3Cc4cc5c(cc4CN3CC#Cc3ncccn3)O[C@@H](c3ccc(OCc4ccc(Cl)c(Cl)c4)cc3)C(=O)N5)C(=O)O)cc2)cc1. The number of amides is 2. The smallest absolute Gasteiger partial charge is 0.326 e. The summed E-state index contributed by atoms with van der Waals surface area (Å²) in [5.41, 5.74) is 6.71. The number of carboxylic acids is 1. The number of halogens is 2. The van der Waals surface area contributed by atoms with Gasteiger partial charge in [-0.3, -0.25) is 14.5 Å². The highest BCUT2D eigenvalue weighted by molar-refractivity contribution is 6.42. The number of hydrogen-bond acceptors (Lipinski definition) is 9. The van der Waals surface area contributed by atoms with Gasteiger partial charge >= 0.3 is 5.97 Å². The Labute approximate surface area is 367 Å². The van der Waals surface area contributed by atoms with Gasteiger partial charge in [0.15, 0.2) is 0 Å². The normalized spacial score (nSPS) is 15.9. The molecule has 3 atom stereocenters. The molecule has 0 bridgehead atoms. The highest BCUT2D eigenvalue weighted by Gasteiger charge is 2.36. The first-order chi connectivity index (χ1) is 30.1. The van der Waals surface area contributed by atoms with Crippen LogP contribution < -0.4 is 20.1 Å². The summed E-state index contributed by atoms with van der Waals surface area (Å²) in [5, 5.41) is 26.0. The fraction of sp³-hybridized carbons (Fsp3) is 0.167. The molecule has 62 heavy (non-hydrogen) atoms. The zero-order valence-corrected chi connectivity index (χ0v) is 34.4. The number of fused-ring (bicyclic) bond motifs is 2. The van der Waals surface area contributed by atoms with E-state index in [0.717, 1.165) is 33.4 Å². The van der Waals surface area contributed by atoms with Gasteiger partial charge in [0.05, 0.1) is 40.0 Å². The Kier molecular flexibility index (Phi) is 12.4. The Hall–Kier alpha value is -7.22. The number of rotatable bonds is 11. The predicted molar refractivity (Wildman–Crippen MR) is 232 cm³/mol. The minimum absolute atomic E-state index is 0.0513. The molecule has 8 rings (SSSR count). The van der Waals surface area contributed by atoms with Gasteiger partial charge in [0, 0.05) is 30.9 Å². The Morgan fingerprint density at radius 1 is 0.919 bits per heavy atom. The number of nitrogens with zero attached hydrogens (tertiary/aromatic N) is 4. The van der Waals surface area contributed by atoms with E-state index < -0.39 is 30.1 Å². The van der Waals surface area contributed by atoms with Crippen molar-refractivity contribution in [3.05, 3.63) is 171 Å². The summed E-state index contributed by atoms with van der Waals surface area (Å²) < 4.78 is 12.2. The highest BCUT2D eigenvalue weighted by atomic mass is 35.5. The molecule has 0 aliphatic carbocycles. The van der Waals surface area contributed by atoms with Crippen molar-refractivity contribution < 1.29 is 29.0 Å². The molecular formula is C48H36Cl2N6O6. The molecule has 6 aromatic rings. The third-order valence-electron chi connectivity index (χ3n) is 10.5. The number of nitriles is 1. The van der Waals surface area contributed by atoms with Crippen LogP contribution in [-0.4, -0.2) is 56.4 Å². The van der Waals surface area contributed by atoms with Crippen LogP contribution in [0.25, 0.3) is 11.1 Å². The number of carboxylic acid groups (broad SMARTS) is 1. The number of aromatic nitrogens is 2. The van der Waals surface area contributed by atoms with E-state index in [-0.39, 0.29) is 38.4 Å². The third kappa shape index (κ3) is 9.70. The first-order valence-corrected chi connectivity index (χ1v) is 20.3. The summed E-state index contributed by atoms with van der Waals surface area (Å²) in [4.78, 5) is 50.3.